The van der Waals surface area contributed by atoms with Crippen molar-refractivity contribution < 1.29 is 66.0 Å². The monoisotopic (exact) mass is 1120 g/mol. The Balaban J connectivity index is 1.08. The van der Waals surface area contributed by atoms with E-state index in [1.165, 1.54) is 36.4 Å². The summed E-state index contributed by atoms with van der Waals surface area (Å²) in [5.41, 5.74) is 4.86. The SMILES string of the molecule is CC1(C)C(C=CC=CC=C2N(CCCS(=O)(=O)O)c3ccc(S(=O)(=O)O)cc3C2(C)CCCCCC(=O)NCCC(=O)N2Cc3ccccc3C#Cc3ccccc32)=[N+](CCCS(=O)(=O)O)c2ccc(S(=O)(=O)O)cc21. The van der Waals surface area contributed by atoms with Crippen LogP contribution in [0.15, 0.2) is 131 Å². The summed E-state index contributed by atoms with van der Waals surface area (Å²) in [5, 5.41) is 2.87. The number of carbonyl (C=O) groups is 2. The number of allylic oxidation sites excluding steroid dienone is 6. The van der Waals surface area contributed by atoms with E-state index in [-0.39, 0.29) is 66.9 Å². The number of amides is 2. The molecule has 1 atom stereocenters. The number of fused-ring (bicyclic) bond motifs is 4. The fraction of sp³-hybridized carbons (Fsp3) is 0.352. The fourth-order valence-electron chi connectivity index (χ4n) is 10.1. The third-order valence-electron chi connectivity index (χ3n) is 13.9. The topological polar surface area (TPSA) is 273 Å². The second kappa shape index (κ2) is 23.1. The molecule has 0 radical (unpaired) electrons. The minimum Gasteiger partial charge on any atom is -0.356 e. The van der Waals surface area contributed by atoms with Crippen LogP contribution in [0.5, 0.6) is 0 Å². The van der Waals surface area contributed by atoms with Crippen molar-refractivity contribution in [3.63, 3.8) is 0 Å². The van der Waals surface area contributed by atoms with E-state index in [4.69, 9.17) is 0 Å². The highest BCUT2D eigenvalue weighted by Gasteiger charge is 2.46. The van der Waals surface area contributed by atoms with Gasteiger partial charge in [-0.25, -0.2) is 0 Å². The molecule has 1 unspecified atom stereocenters. The Morgan fingerprint density at radius 3 is 2.01 bits per heavy atom. The first kappa shape index (κ1) is 57.4. The minimum atomic E-state index is -4.66. The number of anilines is 2. The molecule has 0 spiro atoms. The van der Waals surface area contributed by atoms with Crippen LogP contribution in [0.1, 0.15) is 100.0 Å². The number of carbonyl (C=O) groups excluding carboxylic acids is 2. The van der Waals surface area contributed by atoms with Gasteiger partial charge in [-0.1, -0.05) is 73.2 Å². The summed E-state index contributed by atoms with van der Waals surface area (Å²) in [6.07, 6.45) is 10.9. The van der Waals surface area contributed by atoms with E-state index in [0.717, 1.165) is 16.7 Å². The van der Waals surface area contributed by atoms with Crippen LogP contribution in [-0.4, -0.2) is 105 Å². The van der Waals surface area contributed by atoms with E-state index < -0.39 is 62.8 Å². The smallest absolute Gasteiger partial charge is 0.294 e. The van der Waals surface area contributed by atoms with Gasteiger partial charge in [0.1, 0.15) is 6.54 Å². The number of para-hydroxylation sites is 1. The summed E-state index contributed by atoms with van der Waals surface area (Å²) in [4.78, 5) is 29.7. The van der Waals surface area contributed by atoms with E-state index in [0.29, 0.717) is 71.8 Å². The first-order valence-electron chi connectivity index (χ1n) is 24.6. The van der Waals surface area contributed by atoms with Crippen LogP contribution in [0.3, 0.4) is 0 Å². The lowest BCUT2D eigenvalue weighted by Gasteiger charge is -2.30. The van der Waals surface area contributed by atoms with Crippen molar-refractivity contribution in [1.82, 2.24) is 5.32 Å². The van der Waals surface area contributed by atoms with E-state index >= 15 is 0 Å². The molecule has 18 nitrogen and oxygen atoms in total. The number of hydrogen-bond acceptors (Lipinski definition) is 11. The summed E-state index contributed by atoms with van der Waals surface area (Å²) >= 11 is 0. The van der Waals surface area contributed by atoms with Gasteiger partial charge in [-0.15, -0.1) is 0 Å². The number of nitrogens with one attached hydrogen (secondary N) is 1. The van der Waals surface area contributed by atoms with Crippen LogP contribution in [0.25, 0.3) is 0 Å². The molecular formula is C54H61N4O14S4+. The number of unbranched alkanes of at least 4 members (excludes halogenated alkanes) is 2. The number of benzene rings is 4. The highest BCUT2D eigenvalue weighted by Crippen LogP contribution is 2.51. The van der Waals surface area contributed by atoms with Gasteiger partial charge < -0.3 is 15.1 Å². The molecule has 4 aromatic rings. The van der Waals surface area contributed by atoms with Gasteiger partial charge >= 0.3 is 0 Å². The zero-order valence-corrected chi connectivity index (χ0v) is 45.5. The van der Waals surface area contributed by atoms with Gasteiger partial charge in [0.05, 0.1) is 38.9 Å². The molecule has 0 aromatic heterocycles. The molecule has 0 fully saturated rings. The van der Waals surface area contributed by atoms with Gasteiger partial charge in [-0.2, -0.15) is 38.2 Å². The third kappa shape index (κ3) is 13.8. The third-order valence-corrected chi connectivity index (χ3v) is 17.2. The van der Waals surface area contributed by atoms with Crippen molar-refractivity contribution in [3.8, 4) is 11.8 Å². The van der Waals surface area contributed by atoms with Gasteiger partial charge in [0.2, 0.25) is 17.5 Å². The average Bonchev–Trinajstić information content (AvgIpc) is 3.68. The van der Waals surface area contributed by atoms with Gasteiger partial charge in [-0.3, -0.25) is 27.8 Å². The van der Waals surface area contributed by atoms with E-state index in [2.05, 4.69) is 17.2 Å². The van der Waals surface area contributed by atoms with Crippen LogP contribution < -0.4 is 15.1 Å². The molecular weight excluding hydrogens is 1060 g/mol. The molecule has 0 bridgehead atoms. The Kier molecular flexibility index (Phi) is 17.5. The van der Waals surface area contributed by atoms with Crippen molar-refractivity contribution in [2.45, 2.75) is 99.3 Å². The Hall–Kier alpha value is -6.29. The molecule has 76 heavy (non-hydrogen) atoms. The van der Waals surface area contributed by atoms with E-state index in [1.807, 2.05) is 78.8 Å². The molecule has 0 saturated carbocycles. The van der Waals surface area contributed by atoms with Crippen LogP contribution in [0, 0.1) is 11.8 Å². The first-order chi connectivity index (χ1) is 35.7. The number of rotatable bonds is 22. The number of hydrogen-bond donors (Lipinski definition) is 5. The molecule has 5 N–H and O–H groups in total. The highest BCUT2D eigenvalue weighted by atomic mass is 32.2. The predicted molar refractivity (Wildman–Crippen MR) is 289 cm³/mol. The Morgan fingerprint density at radius 1 is 0.684 bits per heavy atom. The second-order valence-electron chi connectivity index (χ2n) is 19.6. The maximum absolute atomic E-state index is 13.7. The molecule has 3 heterocycles. The summed E-state index contributed by atoms with van der Waals surface area (Å²) in [6, 6.07) is 23.4. The van der Waals surface area contributed by atoms with Crippen molar-refractivity contribution in [2.75, 3.05) is 40.9 Å². The van der Waals surface area contributed by atoms with Crippen LogP contribution in [0.4, 0.5) is 17.1 Å². The van der Waals surface area contributed by atoms with E-state index in [1.54, 1.807) is 35.3 Å². The summed E-state index contributed by atoms with van der Waals surface area (Å²) in [5.74, 6) is 4.90. The lowest BCUT2D eigenvalue weighted by Crippen LogP contribution is -2.35. The highest BCUT2D eigenvalue weighted by molar-refractivity contribution is 7.86. The molecule has 0 aliphatic carbocycles. The average molecular weight is 1120 g/mol. The van der Waals surface area contributed by atoms with Gasteiger partial charge in [0, 0.05) is 78.0 Å². The minimum absolute atomic E-state index is 0.00921. The van der Waals surface area contributed by atoms with Gasteiger partial charge in [0.25, 0.3) is 40.5 Å². The van der Waals surface area contributed by atoms with Crippen molar-refractivity contribution in [2.24, 2.45) is 0 Å². The molecule has 4 aromatic carbocycles. The maximum atomic E-state index is 13.7. The second-order valence-corrected chi connectivity index (χ2v) is 25.6. The molecule has 2 amide bonds. The molecule has 22 heteroatoms. The molecule has 3 aliphatic rings. The Bertz CT molecular complexity index is 3600. The first-order valence-corrected chi connectivity index (χ1v) is 30.7. The standard InChI is InChI=1S/C54H60N4O14S4/c1-53(2)44-36-42(75(67,68)69)25-27-47(44)56(32-14-34-73(61,62)63)49(53)20-6-4-7-21-50-54(3,45-37-43(76(70,71)72)26-28-48(45)57(50)33-15-35-74(64,65)66)30-13-5-8-22-51(59)55-31-29-52(60)58-38-41-18-10-9-16-39(41)23-24-40-17-11-12-19-46(40)58/h4,6-7,9-12,16-21,25-28,36-37H,5,8,13-15,22,29-35,38H2,1-3H3,(H4-,55,59,61,62,63,64,65,66,67,68,69,70,71,72)/p+1. The van der Waals surface area contributed by atoms with Crippen LogP contribution in [0.2, 0.25) is 0 Å². The quantitative estimate of drug-likeness (QED) is 0.0170. The van der Waals surface area contributed by atoms with Crippen LogP contribution in [-0.2, 0) is 67.4 Å². The predicted octanol–water partition coefficient (Wildman–Crippen LogP) is 7.29. The molecule has 3 aliphatic heterocycles. The fourth-order valence-corrected chi connectivity index (χ4v) is 12.1. The maximum Gasteiger partial charge on any atom is 0.294 e. The lowest BCUT2D eigenvalue weighted by molar-refractivity contribution is -0.437. The molecule has 0 saturated heterocycles. The van der Waals surface area contributed by atoms with E-state index in [9.17, 15) is 61.5 Å². The summed E-state index contributed by atoms with van der Waals surface area (Å²) in [7, 11) is -17.9. The largest absolute Gasteiger partial charge is 0.356 e. The van der Waals surface area contributed by atoms with Crippen molar-refractivity contribution >= 4 is 75.1 Å². The normalized spacial score (nSPS) is 17.8. The number of nitrogens with zero attached hydrogens (tertiary/aromatic N) is 3. The Labute approximate surface area is 444 Å². The summed E-state index contributed by atoms with van der Waals surface area (Å²) in [6.45, 7) is 6.24. The lowest BCUT2D eigenvalue weighted by atomic mass is 9.77. The van der Waals surface area contributed by atoms with Gasteiger partial charge in [0.15, 0.2) is 5.71 Å². The van der Waals surface area contributed by atoms with Crippen LogP contribution >= 0.6 is 0 Å². The van der Waals surface area contributed by atoms with Crippen molar-refractivity contribution in [1.29, 1.82) is 0 Å². The Morgan fingerprint density at radius 2 is 1.32 bits per heavy atom. The molecule has 404 valence electrons. The van der Waals surface area contributed by atoms with Gasteiger partial charge in [-0.05, 0) is 106 Å². The zero-order valence-electron chi connectivity index (χ0n) is 42.2. The summed E-state index contributed by atoms with van der Waals surface area (Å²) < 4.78 is 137. The molecule has 7 rings (SSSR count). The zero-order chi connectivity index (χ0) is 55.3. The van der Waals surface area contributed by atoms with Crippen molar-refractivity contribution in [3.05, 3.63) is 149 Å².